The molecule has 2 aliphatic heterocycles. The minimum Gasteiger partial charge on any atom is -0.481 e. The Hall–Kier alpha value is -2.07. The van der Waals surface area contributed by atoms with Crippen LogP contribution in [0.3, 0.4) is 0 Å². The second-order valence-corrected chi connectivity index (χ2v) is 6.21. The van der Waals surface area contributed by atoms with Crippen molar-refractivity contribution in [2.75, 3.05) is 12.4 Å². The molecule has 2 heterocycles. The Morgan fingerprint density at radius 2 is 2.00 bits per heavy atom. The maximum Gasteiger partial charge on any atom is 0.352 e. The van der Waals surface area contributed by atoms with E-state index in [1.165, 1.54) is 11.8 Å². The Morgan fingerprint density at radius 1 is 1.30 bits per heavy atom. The first kappa shape index (κ1) is 17.3. The molecule has 2 aliphatic rings. The summed E-state index contributed by atoms with van der Waals surface area (Å²) in [6, 6.07) is -0.713. The average molecular weight is 344 g/mol. The maximum absolute atomic E-state index is 11.7. The highest BCUT2D eigenvalue weighted by Gasteiger charge is 2.51. The number of β-lactam (4-membered cyclic amide) rings is 1. The van der Waals surface area contributed by atoms with E-state index in [1.54, 1.807) is 0 Å². The molecule has 2 atom stereocenters. The number of thioether (sulfide) groups is 1. The molecule has 0 aliphatic carbocycles. The third-order valence-electron chi connectivity index (χ3n) is 3.47. The van der Waals surface area contributed by atoms with Crippen molar-refractivity contribution in [3.05, 3.63) is 11.3 Å². The molecule has 0 radical (unpaired) electrons. The second-order valence-electron chi connectivity index (χ2n) is 5.10. The summed E-state index contributed by atoms with van der Waals surface area (Å²) in [5.41, 5.74) is 5.77. The summed E-state index contributed by atoms with van der Waals surface area (Å²) in [6.07, 6.45) is -0.0591. The number of amides is 1. The molecule has 126 valence electrons. The number of aliphatic carboxylic acids is 2. The van der Waals surface area contributed by atoms with Gasteiger partial charge < -0.3 is 20.7 Å². The van der Waals surface area contributed by atoms with Gasteiger partial charge >= 0.3 is 17.9 Å². The largest absolute Gasteiger partial charge is 0.481 e. The standard InChI is InChI=1S/C13H16N2O7S/c14-9-11(19)15-10(13(20)21)6(5-23-12(9)15)4-22-8(18)3-1-2-7(16)17/h9,12H,1-5,14H2,(H,16,17)(H,20,21)/t9-,12-/m1/s1. The van der Waals surface area contributed by atoms with Gasteiger partial charge in [-0.05, 0) is 6.42 Å². The zero-order valence-corrected chi connectivity index (χ0v) is 12.9. The molecular formula is C13H16N2O7S. The van der Waals surface area contributed by atoms with E-state index < -0.39 is 35.2 Å². The SMILES string of the molecule is N[C@@H]1C(=O)N2C(C(=O)O)=C(COC(=O)CCCC(=O)O)CS[C@H]12. The molecule has 23 heavy (non-hydrogen) atoms. The highest BCUT2D eigenvalue weighted by atomic mass is 32.2. The number of rotatable bonds is 7. The molecule has 0 saturated carbocycles. The normalized spacial score (nSPS) is 23.2. The zero-order valence-electron chi connectivity index (χ0n) is 12.1. The molecule has 0 bridgehead atoms. The van der Waals surface area contributed by atoms with E-state index in [1.807, 2.05) is 0 Å². The monoisotopic (exact) mass is 344 g/mol. The number of nitrogens with zero attached hydrogens (tertiary/aromatic N) is 1. The topological polar surface area (TPSA) is 147 Å². The molecule has 0 spiro atoms. The van der Waals surface area contributed by atoms with Crippen LogP contribution >= 0.6 is 11.8 Å². The van der Waals surface area contributed by atoms with Crippen molar-refractivity contribution in [3.8, 4) is 0 Å². The average Bonchev–Trinajstić information content (AvgIpc) is 2.50. The quantitative estimate of drug-likeness (QED) is 0.405. The Morgan fingerprint density at radius 3 is 2.61 bits per heavy atom. The van der Waals surface area contributed by atoms with Gasteiger partial charge in [-0.15, -0.1) is 11.8 Å². The van der Waals surface area contributed by atoms with Crippen LogP contribution in [0, 0.1) is 0 Å². The fourth-order valence-corrected chi connectivity index (χ4v) is 3.59. The van der Waals surface area contributed by atoms with E-state index >= 15 is 0 Å². The highest BCUT2D eigenvalue weighted by molar-refractivity contribution is 8.00. The van der Waals surface area contributed by atoms with Crippen molar-refractivity contribution in [3.63, 3.8) is 0 Å². The van der Waals surface area contributed by atoms with Gasteiger partial charge in [0.15, 0.2) is 0 Å². The number of carboxylic acids is 2. The number of nitrogens with two attached hydrogens (primary N) is 1. The lowest BCUT2D eigenvalue weighted by atomic mass is 10.0. The molecule has 4 N–H and O–H groups in total. The van der Waals surface area contributed by atoms with E-state index in [-0.39, 0.29) is 31.6 Å². The molecule has 9 nitrogen and oxygen atoms in total. The van der Waals surface area contributed by atoms with Crippen LogP contribution in [-0.2, 0) is 23.9 Å². The molecule has 0 aromatic carbocycles. The van der Waals surface area contributed by atoms with Gasteiger partial charge in [-0.2, -0.15) is 0 Å². The Kier molecular flexibility index (Phi) is 5.26. The lowest BCUT2D eigenvalue weighted by Crippen LogP contribution is -2.68. The molecule has 0 aromatic heterocycles. The summed E-state index contributed by atoms with van der Waals surface area (Å²) in [4.78, 5) is 46.1. The van der Waals surface area contributed by atoms with Crippen LogP contribution in [0.5, 0.6) is 0 Å². The minimum absolute atomic E-state index is 0.0642. The van der Waals surface area contributed by atoms with Crippen LogP contribution < -0.4 is 5.73 Å². The smallest absolute Gasteiger partial charge is 0.352 e. The second kappa shape index (κ2) is 7.01. The van der Waals surface area contributed by atoms with Gasteiger partial charge in [0.1, 0.15) is 23.7 Å². The number of carbonyl (C=O) groups is 4. The zero-order chi connectivity index (χ0) is 17.1. The predicted octanol–water partition coefficient (Wildman–Crippen LogP) is -0.634. The minimum atomic E-state index is -1.27. The van der Waals surface area contributed by atoms with Crippen molar-refractivity contribution in [2.24, 2.45) is 5.73 Å². The maximum atomic E-state index is 11.7. The third kappa shape index (κ3) is 3.64. The van der Waals surface area contributed by atoms with E-state index in [2.05, 4.69) is 0 Å². The molecule has 0 aromatic rings. The van der Waals surface area contributed by atoms with Crippen molar-refractivity contribution < 1.29 is 34.1 Å². The van der Waals surface area contributed by atoms with Gasteiger partial charge in [0.2, 0.25) is 5.91 Å². The lowest BCUT2D eigenvalue weighted by Gasteiger charge is -2.47. The first-order valence-corrected chi connectivity index (χ1v) is 7.90. The number of fused-ring (bicyclic) bond motifs is 1. The molecular weight excluding hydrogens is 328 g/mol. The summed E-state index contributed by atoms with van der Waals surface area (Å²) < 4.78 is 4.98. The van der Waals surface area contributed by atoms with Crippen LogP contribution in [0.25, 0.3) is 0 Å². The Bertz CT molecular complexity index is 589. The Labute approximate surface area is 135 Å². The number of ether oxygens (including phenoxy) is 1. The van der Waals surface area contributed by atoms with Crippen molar-refractivity contribution in [1.29, 1.82) is 0 Å². The predicted molar refractivity (Wildman–Crippen MR) is 78.2 cm³/mol. The number of carboxylic acid groups (broad SMARTS) is 2. The van der Waals surface area contributed by atoms with Gasteiger partial charge in [-0.3, -0.25) is 19.3 Å². The molecule has 1 saturated heterocycles. The van der Waals surface area contributed by atoms with Crippen molar-refractivity contribution >= 4 is 35.6 Å². The third-order valence-corrected chi connectivity index (χ3v) is 4.83. The molecule has 1 fully saturated rings. The molecule has 10 heteroatoms. The summed E-state index contributed by atoms with van der Waals surface area (Å²) in [5, 5.41) is 17.4. The van der Waals surface area contributed by atoms with Gasteiger partial charge in [0, 0.05) is 24.2 Å². The number of hydrogen-bond donors (Lipinski definition) is 3. The van der Waals surface area contributed by atoms with Crippen LogP contribution in [0.1, 0.15) is 19.3 Å². The van der Waals surface area contributed by atoms with Crippen LogP contribution in [0.4, 0.5) is 0 Å². The summed E-state index contributed by atoms with van der Waals surface area (Å²) >= 11 is 1.32. The summed E-state index contributed by atoms with van der Waals surface area (Å²) in [7, 11) is 0. The molecule has 1 amide bonds. The van der Waals surface area contributed by atoms with Crippen LogP contribution in [-0.4, -0.2) is 62.7 Å². The Balaban J connectivity index is 1.97. The van der Waals surface area contributed by atoms with E-state index in [0.717, 1.165) is 4.90 Å². The number of carbonyl (C=O) groups excluding carboxylic acids is 2. The van der Waals surface area contributed by atoms with E-state index in [9.17, 15) is 24.3 Å². The van der Waals surface area contributed by atoms with Gasteiger partial charge in [-0.25, -0.2) is 4.79 Å². The van der Waals surface area contributed by atoms with Crippen LogP contribution in [0.15, 0.2) is 11.3 Å². The first-order chi connectivity index (χ1) is 10.8. The van der Waals surface area contributed by atoms with Crippen molar-refractivity contribution in [2.45, 2.75) is 30.7 Å². The lowest BCUT2D eigenvalue weighted by molar-refractivity contribution is -0.148. The fourth-order valence-electron chi connectivity index (χ4n) is 2.31. The fraction of sp³-hybridized carbons (Fsp3) is 0.538. The number of hydrogen-bond acceptors (Lipinski definition) is 7. The van der Waals surface area contributed by atoms with Crippen molar-refractivity contribution in [1.82, 2.24) is 4.90 Å². The van der Waals surface area contributed by atoms with Gasteiger partial charge in [-0.1, -0.05) is 0 Å². The van der Waals surface area contributed by atoms with Crippen LogP contribution in [0.2, 0.25) is 0 Å². The number of esters is 1. The highest BCUT2D eigenvalue weighted by Crippen LogP contribution is 2.39. The van der Waals surface area contributed by atoms with E-state index in [4.69, 9.17) is 15.6 Å². The molecule has 0 unspecified atom stereocenters. The van der Waals surface area contributed by atoms with Gasteiger partial charge in [0.25, 0.3) is 0 Å². The van der Waals surface area contributed by atoms with Gasteiger partial charge in [0.05, 0.1) is 0 Å². The summed E-state index contributed by atoms with van der Waals surface area (Å²) in [5.74, 6) is -3.05. The molecule has 2 rings (SSSR count). The van der Waals surface area contributed by atoms with E-state index in [0.29, 0.717) is 11.3 Å². The summed E-state index contributed by atoms with van der Waals surface area (Å²) in [6.45, 7) is -0.244. The first-order valence-electron chi connectivity index (χ1n) is 6.86.